The van der Waals surface area contributed by atoms with Crippen LogP contribution in [0.3, 0.4) is 0 Å². The maximum absolute atomic E-state index is 12.3. The highest BCUT2D eigenvalue weighted by Gasteiger charge is 2.12. The van der Waals surface area contributed by atoms with Gasteiger partial charge in [0.2, 0.25) is 0 Å². The molecule has 3 aromatic rings. The average molecular weight is 360 g/mol. The molecule has 0 heterocycles. The van der Waals surface area contributed by atoms with E-state index >= 15 is 0 Å². The Hall–Kier alpha value is -3.24. The van der Waals surface area contributed by atoms with Gasteiger partial charge in [-0.2, -0.15) is 0 Å². The number of ether oxygens (including phenoxy) is 2. The number of hydrogen-bond acceptors (Lipinski definition) is 4. The lowest BCUT2D eigenvalue weighted by molar-refractivity contribution is 0.0474. The van der Waals surface area contributed by atoms with Gasteiger partial charge in [0, 0.05) is 12.7 Å². The Morgan fingerprint density at radius 3 is 1.96 bits per heavy atom. The first kappa shape index (κ1) is 18.5. The van der Waals surface area contributed by atoms with Crippen molar-refractivity contribution in [1.29, 1.82) is 0 Å². The van der Waals surface area contributed by atoms with Crippen molar-refractivity contribution in [3.05, 3.63) is 95.6 Å². The molecule has 0 N–H and O–H groups in total. The fraction of sp³-hybridized carbons (Fsp3) is 0.130. The molecule has 0 amide bonds. The molecule has 0 spiro atoms. The maximum atomic E-state index is 12.3. The lowest BCUT2D eigenvalue weighted by atomic mass is 10.0. The van der Waals surface area contributed by atoms with Crippen LogP contribution in [-0.2, 0) is 16.1 Å². The number of ketones is 1. The number of methoxy groups -OCH3 is 1. The quantitative estimate of drug-likeness (QED) is 0.458. The number of hydrogen-bond donors (Lipinski definition) is 0. The molecule has 0 atom stereocenters. The SMILES string of the molecule is COCc1ccc(C(=O)OCC(=O)c2ccc(-c3ccccc3)cc2)cc1. The maximum Gasteiger partial charge on any atom is 0.338 e. The summed E-state index contributed by atoms with van der Waals surface area (Å²) in [6.07, 6.45) is 0. The van der Waals surface area contributed by atoms with E-state index in [9.17, 15) is 9.59 Å². The normalized spacial score (nSPS) is 10.4. The smallest absolute Gasteiger partial charge is 0.338 e. The molecular formula is C23H20O4. The number of rotatable bonds is 7. The molecule has 0 aliphatic rings. The van der Waals surface area contributed by atoms with Gasteiger partial charge in [-0.25, -0.2) is 4.79 Å². The molecule has 0 aliphatic heterocycles. The van der Waals surface area contributed by atoms with E-state index in [2.05, 4.69) is 0 Å². The summed E-state index contributed by atoms with van der Waals surface area (Å²) in [5.74, 6) is -0.757. The van der Waals surface area contributed by atoms with Crippen LogP contribution < -0.4 is 0 Å². The number of Topliss-reactive ketones (excluding diaryl/α,β-unsaturated/α-hetero) is 1. The highest BCUT2D eigenvalue weighted by molar-refractivity contribution is 5.99. The van der Waals surface area contributed by atoms with E-state index in [1.807, 2.05) is 42.5 Å². The summed E-state index contributed by atoms with van der Waals surface area (Å²) in [6, 6.07) is 24.1. The highest BCUT2D eigenvalue weighted by Crippen LogP contribution is 2.19. The molecule has 0 aromatic heterocycles. The molecule has 0 bridgehead atoms. The number of benzene rings is 3. The van der Waals surface area contributed by atoms with Gasteiger partial charge in [0.15, 0.2) is 12.4 Å². The minimum Gasteiger partial charge on any atom is -0.454 e. The van der Waals surface area contributed by atoms with Crippen LogP contribution in [-0.4, -0.2) is 25.5 Å². The molecule has 0 radical (unpaired) electrons. The fourth-order valence-electron chi connectivity index (χ4n) is 2.68. The van der Waals surface area contributed by atoms with E-state index in [1.165, 1.54) is 0 Å². The Kier molecular flexibility index (Phi) is 6.13. The van der Waals surface area contributed by atoms with Gasteiger partial charge in [0.25, 0.3) is 0 Å². The second-order valence-corrected chi connectivity index (χ2v) is 6.07. The van der Waals surface area contributed by atoms with Crippen LogP contribution in [0.2, 0.25) is 0 Å². The summed E-state index contributed by atoms with van der Waals surface area (Å²) in [6.45, 7) is 0.191. The molecule has 0 fully saturated rings. The van der Waals surface area contributed by atoms with E-state index < -0.39 is 5.97 Å². The van der Waals surface area contributed by atoms with Crippen LogP contribution >= 0.6 is 0 Å². The molecule has 4 nitrogen and oxygen atoms in total. The van der Waals surface area contributed by atoms with Crippen molar-refractivity contribution < 1.29 is 19.1 Å². The van der Waals surface area contributed by atoms with Gasteiger partial charge < -0.3 is 9.47 Å². The van der Waals surface area contributed by atoms with Gasteiger partial charge in [-0.15, -0.1) is 0 Å². The van der Waals surface area contributed by atoms with Crippen molar-refractivity contribution in [2.45, 2.75) is 6.61 Å². The largest absolute Gasteiger partial charge is 0.454 e. The Labute approximate surface area is 158 Å². The molecule has 0 saturated heterocycles. The second-order valence-electron chi connectivity index (χ2n) is 6.07. The molecule has 3 aromatic carbocycles. The van der Waals surface area contributed by atoms with Crippen LogP contribution in [0.4, 0.5) is 0 Å². The van der Waals surface area contributed by atoms with E-state index in [1.54, 1.807) is 43.5 Å². The minimum atomic E-state index is -0.520. The molecule has 136 valence electrons. The van der Waals surface area contributed by atoms with E-state index in [4.69, 9.17) is 9.47 Å². The van der Waals surface area contributed by atoms with Crippen molar-refractivity contribution in [2.75, 3.05) is 13.7 Å². The Morgan fingerprint density at radius 1 is 0.741 bits per heavy atom. The number of carbonyl (C=O) groups is 2. The van der Waals surface area contributed by atoms with Gasteiger partial charge in [-0.1, -0.05) is 66.7 Å². The van der Waals surface area contributed by atoms with Gasteiger partial charge in [-0.05, 0) is 28.8 Å². The van der Waals surface area contributed by atoms with E-state index in [-0.39, 0.29) is 12.4 Å². The summed E-state index contributed by atoms with van der Waals surface area (Å²) in [7, 11) is 1.61. The topological polar surface area (TPSA) is 52.6 Å². The van der Waals surface area contributed by atoms with Crippen LogP contribution in [0.5, 0.6) is 0 Å². The third kappa shape index (κ3) is 4.90. The molecular weight excluding hydrogens is 340 g/mol. The molecule has 0 unspecified atom stereocenters. The second kappa shape index (κ2) is 8.92. The Balaban J connectivity index is 1.58. The first-order valence-electron chi connectivity index (χ1n) is 8.61. The molecule has 27 heavy (non-hydrogen) atoms. The standard InChI is InChI=1S/C23H20O4/c1-26-15-17-7-9-21(10-8-17)23(25)27-16-22(24)20-13-11-19(12-14-20)18-5-3-2-4-6-18/h2-14H,15-16H2,1H3. The zero-order chi connectivity index (χ0) is 19.1. The highest BCUT2D eigenvalue weighted by atomic mass is 16.5. The molecule has 0 aliphatic carbocycles. The molecule has 4 heteroatoms. The van der Waals surface area contributed by atoms with Gasteiger partial charge >= 0.3 is 5.97 Å². The van der Waals surface area contributed by atoms with Crippen molar-refractivity contribution >= 4 is 11.8 Å². The third-order valence-corrected chi connectivity index (χ3v) is 4.15. The zero-order valence-corrected chi connectivity index (χ0v) is 15.1. The summed E-state index contributed by atoms with van der Waals surface area (Å²) >= 11 is 0. The lowest BCUT2D eigenvalue weighted by Gasteiger charge is -2.06. The summed E-state index contributed by atoms with van der Waals surface area (Å²) in [5, 5.41) is 0. The van der Waals surface area contributed by atoms with Crippen molar-refractivity contribution in [3.8, 4) is 11.1 Å². The monoisotopic (exact) mass is 360 g/mol. The van der Waals surface area contributed by atoms with E-state index in [0.717, 1.165) is 16.7 Å². The number of carbonyl (C=O) groups excluding carboxylic acids is 2. The van der Waals surface area contributed by atoms with Gasteiger partial charge in [-0.3, -0.25) is 4.79 Å². The Bertz CT molecular complexity index is 897. The molecule has 0 saturated carbocycles. The van der Waals surface area contributed by atoms with Crippen molar-refractivity contribution in [1.82, 2.24) is 0 Å². The van der Waals surface area contributed by atoms with Crippen molar-refractivity contribution in [2.24, 2.45) is 0 Å². The third-order valence-electron chi connectivity index (χ3n) is 4.15. The van der Waals surface area contributed by atoms with E-state index in [0.29, 0.717) is 17.7 Å². The van der Waals surface area contributed by atoms with Gasteiger partial charge in [0.1, 0.15) is 0 Å². The number of esters is 1. The zero-order valence-electron chi connectivity index (χ0n) is 15.1. The summed E-state index contributed by atoms with van der Waals surface area (Å²) in [4.78, 5) is 24.4. The predicted molar refractivity (Wildman–Crippen MR) is 104 cm³/mol. The van der Waals surface area contributed by atoms with Crippen LogP contribution in [0.15, 0.2) is 78.9 Å². The van der Waals surface area contributed by atoms with Crippen molar-refractivity contribution in [3.63, 3.8) is 0 Å². The van der Waals surface area contributed by atoms with Gasteiger partial charge in [0.05, 0.1) is 12.2 Å². The van der Waals surface area contributed by atoms with Crippen LogP contribution in [0.25, 0.3) is 11.1 Å². The summed E-state index contributed by atoms with van der Waals surface area (Å²) < 4.78 is 10.2. The minimum absolute atomic E-state index is 0.237. The Morgan fingerprint density at radius 2 is 1.33 bits per heavy atom. The van der Waals surface area contributed by atoms with Crippen LogP contribution in [0.1, 0.15) is 26.3 Å². The summed E-state index contributed by atoms with van der Waals surface area (Å²) in [5.41, 5.74) is 3.99. The first-order valence-corrected chi connectivity index (χ1v) is 8.61. The fourth-order valence-corrected chi connectivity index (χ4v) is 2.68. The average Bonchev–Trinajstić information content (AvgIpc) is 2.73. The first-order chi connectivity index (χ1) is 13.2. The predicted octanol–water partition coefficient (Wildman–Crippen LogP) is 4.54. The lowest BCUT2D eigenvalue weighted by Crippen LogP contribution is -2.14. The van der Waals surface area contributed by atoms with Crippen LogP contribution in [0, 0.1) is 0 Å². The molecule has 3 rings (SSSR count).